The second kappa shape index (κ2) is 9.10. The van der Waals surface area contributed by atoms with Gasteiger partial charge in [0, 0.05) is 36.2 Å². The molecule has 1 aliphatic heterocycles. The number of anilines is 1. The molecular weight excluding hydrogens is 411 g/mol. The van der Waals surface area contributed by atoms with Gasteiger partial charge in [0.05, 0.1) is 12.5 Å². The van der Waals surface area contributed by atoms with Gasteiger partial charge in [-0.15, -0.1) is 0 Å². The number of carbonyl (C=O) groups is 3. The Morgan fingerprint density at radius 3 is 2.47 bits per heavy atom. The predicted octanol–water partition coefficient (Wildman–Crippen LogP) is 4.41. The van der Waals surface area contributed by atoms with E-state index in [-0.39, 0.29) is 42.7 Å². The minimum atomic E-state index is -0.992. The summed E-state index contributed by atoms with van der Waals surface area (Å²) < 4.78 is 13.4. The average molecular weight is 438 g/mol. The summed E-state index contributed by atoms with van der Waals surface area (Å²) in [7, 11) is 0. The number of benzene rings is 2. The number of carboxylic acids is 1. The number of carboxylic acid groups (broad SMARTS) is 1. The minimum absolute atomic E-state index is 0.0442. The van der Waals surface area contributed by atoms with Crippen molar-refractivity contribution in [3.8, 4) is 0 Å². The summed E-state index contributed by atoms with van der Waals surface area (Å²) in [6.45, 7) is 2.37. The molecule has 4 rings (SSSR count). The zero-order chi connectivity index (χ0) is 22.8. The number of para-hydroxylation sites is 1. The van der Waals surface area contributed by atoms with E-state index in [2.05, 4.69) is 0 Å². The molecule has 1 N–H and O–H groups in total. The van der Waals surface area contributed by atoms with Crippen molar-refractivity contribution in [2.45, 2.75) is 51.1 Å². The van der Waals surface area contributed by atoms with Gasteiger partial charge in [-0.3, -0.25) is 14.4 Å². The SMILES string of the molecule is CCN(C(=O)CCC(=O)O)C1c2ccccc2N(C(=O)c2ccc(F)cc2)C2CCCC12. The van der Waals surface area contributed by atoms with Crippen molar-refractivity contribution in [2.75, 3.05) is 11.4 Å². The molecule has 2 aromatic carbocycles. The summed E-state index contributed by atoms with van der Waals surface area (Å²) in [6.07, 6.45) is 2.39. The fourth-order valence-electron chi connectivity index (χ4n) is 5.30. The number of carbonyl (C=O) groups excluding carboxylic acids is 2. The lowest BCUT2D eigenvalue weighted by molar-refractivity contribution is -0.142. The fraction of sp³-hybridized carbons (Fsp3) is 0.400. The van der Waals surface area contributed by atoms with E-state index in [1.54, 1.807) is 4.90 Å². The Morgan fingerprint density at radius 2 is 1.78 bits per heavy atom. The van der Waals surface area contributed by atoms with E-state index in [9.17, 15) is 18.8 Å². The molecule has 0 aromatic heterocycles. The normalized spacial score (nSPS) is 21.6. The summed E-state index contributed by atoms with van der Waals surface area (Å²) in [5, 5.41) is 9.02. The number of nitrogens with zero attached hydrogens (tertiary/aromatic N) is 2. The molecule has 32 heavy (non-hydrogen) atoms. The molecule has 0 bridgehead atoms. The summed E-state index contributed by atoms with van der Waals surface area (Å²) >= 11 is 0. The van der Waals surface area contributed by atoms with Gasteiger partial charge in [-0.2, -0.15) is 0 Å². The monoisotopic (exact) mass is 438 g/mol. The summed E-state index contributed by atoms with van der Waals surface area (Å²) in [4.78, 5) is 41.1. The highest BCUT2D eigenvalue weighted by molar-refractivity contribution is 6.07. The van der Waals surface area contributed by atoms with E-state index >= 15 is 0 Å². The second-order valence-electron chi connectivity index (χ2n) is 8.42. The van der Waals surface area contributed by atoms with E-state index in [1.807, 2.05) is 36.1 Å². The average Bonchev–Trinajstić information content (AvgIpc) is 3.27. The van der Waals surface area contributed by atoms with E-state index < -0.39 is 11.8 Å². The van der Waals surface area contributed by atoms with Crippen molar-refractivity contribution >= 4 is 23.5 Å². The van der Waals surface area contributed by atoms with Crippen molar-refractivity contribution in [2.24, 2.45) is 5.92 Å². The first-order valence-electron chi connectivity index (χ1n) is 11.1. The van der Waals surface area contributed by atoms with Gasteiger partial charge in [-0.05, 0) is 55.7 Å². The van der Waals surface area contributed by atoms with Gasteiger partial charge in [-0.25, -0.2) is 4.39 Å². The van der Waals surface area contributed by atoms with Crippen molar-refractivity contribution in [1.82, 2.24) is 4.90 Å². The van der Waals surface area contributed by atoms with E-state index in [1.165, 1.54) is 24.3 Å². The molecule has 1 aliphatic carbocycles. The highest BCUT2D eigenvalue weighted by atomic mass is 19.1. The number of fused-ring (bicyclic) bond motifs is 2. The third-order valence-electron chi connectivity index (χ3n) is 6.64. The summed E-state index contributed by atoms with van der Waals surface area (Å²) in [5.74, 6) is -1.68. The third kappa shape index (κ3) is 3.99. The van der Waals surface area contributed by atoms with Crippen LogP contribution in [0.5, 0.6) is 0 Å². The van der Waals surface area contributed by atoms with Crippen LogP contribution in [0, 0.1) is 11.7 Å². The first-order chi connectivity index (χ1) is 15.4. The van der Waals surface area contributed by atoms with Crippen LogP contribution < -0.4 is 4.90 Å². The molecule has 2 aliphatic rings. The van der Waals surface area contributed by atoms with E-state index in [4.69, 9.17) is 5.11 Å². The standard InChI is InChI=1S/C25H27FN2O4/c1-2-27(22(29)14-15-23(30)31)24-18-6-3-4-8-20(18)28(21-9-5-7-19(21)24)25(32)16-10-12-17(26)13-11-16/h3-4,6,8,10-13,19,21,24H,2,5,7,9,14-15H2,1H3,(H,30,31). The Kier molecular flexibility index (Phi) is 6.26. The zero-order valence-corrected chi connectivity index (χ0v) is 18.0. The number of hydrogen-bond acceptors (Lipinski definition) is 3. The van der Waals surface area contributed by atoms with Crippen molar-refractivity contribution in [1.29, 1.82) is 0 Å². The zero-order valence-electron chi connectivity index (χ0n) is 18.0. The predicted molar refractivity (Wildman–Crippen MR) is 118 cm³/mol. The Balaban J connectivity index is 1.75. The largest absolute Gasteiger partial charge is 0.481 e. The quantitative estimate of drug-likeness (QED) is 0.725. The van der Waals surface area contributed by atoms with Gasteiger partial charge in [0.2, 0.25) is 5.91 Å². The Morgan fingerprint density at radius 1 is 1.06 bits per heavy atom. The van der Waals surface area contributed by atoms with Gasteiger partial charge in [0.25, 0.3) is 5.91 Å². The molecule has 7 heteroatoms. The van der Waals surface area contributed by atoms with Crippen molar-refractivity contribution in [3.63, 3.8) is 0 Å². The molecule has 2 aromatic rings. The first kappa shape index (κ1) is 22.0. The summed E-state index contributed by atoms with van der Waals surface area (Å²) in [5.41, 5.74) is 2.09. The first-order valence-corrected chi connectivity index (χ1v) is 11.1. The Hall–Kier alpha value is -3.22. The van der Waals surface area contributed by atoms with E-state index in [0.717, 1.165) is 30.5 Å². The summed E-state index contributed by atoms with van der Waals surface area (Å²) in [6, 6.07) is 12.9. The van der Waals surface area contributed by atoms with Crippen LogP contribution in [0.15, 0.2) is 48.5 Å². The number of rotatable bonds is 6. The van der Waals surface area contributed by atoms with Crippen LogP contribution in [0.3, 0.4) is 0 Å². The van der Waals surface area contributed by atoms with Crippen LogP contribution in [-0.2, 0) is 9.59 Å². The molecule has 168 valence electrons. The molecule has 0 radical (unpaired) electrons. The van der Waals surface area contributed by atoms with Crippen LogP contribution in [0.2, 0.25) is 0 Å². The number of hydrogen-bond donors (Lipinski definition) is 1. The molecule has 6 nitrogen and oxygen atoms in total. The highest BCUT2D eigenvalue weighted by Crippen LogP contribution is 2.50. The number of aliphatic carboxylic acids is 1. The lowest BCUT2D eigenvalue weighted by Crippen LogP contribution is -2.52. The number of amides is 2. The van der Waals surface area contributed by atoms with Gasteiger partial charge in [0.1, 0.15) is 5.82 Å². The molecule has 1 heterocycles. The molecular formula is C25H27FN2O4. The van der Waals surface area contributed by atoms with E-state index in [0.29, 0.717) is 12.1 Å². The Labute approximate surface area is 186 Å². The lowest BCUT2D eigenvalue weighted by atomic mass is 9.81. The maximum Gasteiger partial charge on any atom is 0.303 e. The molecule has 3 atom stereocenters. The molecule has 1 saturated carbocycles. The van der Waals surface area contributed by atoms with Crippen LogP contribution >= 0.6 is 0 Å². The van der Waals surface area contributed by atoms with Crippen molar-refractivity contribution < 1.29 is 23.9 Å². The molecule has 1 fully saturated rings. The van der Waals surface area contributed by atoms with Crippen LogP contribution in [0.4, 0.5) is 10.1 Å². The molecule has 2 amide bonds. The second-order valence-corrected chi connectivity index (χ2v) is 8.42. The Bertz CT molecular complexity index is 1020. The van der Waals surface area contributed by atoms with Gasteiger partial charge in [-0.1, -0.05) is 24.6 Å². The number of halogens is 1. The molecule has 0 saturated heterocycles. The van der Waals surface area contributed by atoms with Crippen molar-refractivity contribution in [3.05, 3.63) is 65.5 Å². The highest BCUT2D eigenvalue weighted by Gasteiger charge is 2.48. The fourth-order valence-corrected chi connectivity index (χ4v) is 5.30. The third-order valence-corrected chi connectivity index (χ3v) is 6.64. The molecule has 0 spiro atoms. The topological polar surface area (TPSA) is 77.9 Å². The minimum Gasteiger partial charge on any atom is -0.481 e. The lowest BCUT2D eigenvalue weighted by Gasteiger charge is -2.47. The van der Waals surface area contributed by atoms with Gasteiger partial charge < -0.3 is 14.9 Å². The van der Waals surface area contributed by atoms with Crippen LogP contribution in [0.25, 0.3) is 0 Å². The van der Waals surface area contributed by atoms with Gasteiger partial charge in [0.15, 0.2) is 0 Å². The van der Waals surface area contributed by atoms with Gasteiger partial charge >= 0.3 is 5.97 Å². The smallest absolute Gasteiger partial charge is 0.303 e. The maximum absolute atomic E-state index is 13.5. The van der Waals surface area contributed by atoms with Crippen LogP contribution in [0.1, 0.15) is 61.0 Å². The van der Waals surface area contributed by atoms with Crippen LogP contribution in [-0.4, -0.2) is 40.4 Å². The molecule has 3 unspecified atom stereocenters. The maximum atomic E-state index is 13.5.